The van der Waals surface area contributed by atoms with Crippen LogP contribution in [-0.4, -0.2) is 53.3 Å². The van der Waals surface area contributed by atoms with Gasteiger partial charge in [-0.3, -0.25) is 0 Å². The quantitative estimate of drug-likeness (QED) is 0.497. The second-order valence-electron chi connectivity index (χ2n) is 0. The molecule has 0 unspecified atom stereocenters. The SMILES string of the molecule is [MgH+].[OH-].[O]=[BiH]. The Bertz CT molecular complexity index is 6.00. The van der Waals surface area contributed by atoms with Crippen LogP contribution in [0.25, 0.3) is 0 Å². The van der Waals surface area contributed by atoms with E-state index in [2.05, 4.69) is 0 Å². The Morgan fingerprint density at radius 3 is 1.25 bits per heavy atom. The maximum atomic E-state index is 8.39. The first-order valence-electron chi connectivity index (χ1n) is 0.204. The number of hydrogen-bond acceptors (Lipinski definition) is 2. The summed E-state index contributed by atoms with van der Waals surface area (Å²) in [5.74, 6) is 0. The molecule has 0 saturated heterocycles. The van der Waals surface area contributed by atoms with Crippen molar-refractivity contribution in [3.63, 3.8) is 0 Å². The van der Waals surface area contributed by atoms with Crippen LogP contribution in [0.3, 0.4) is 0 Å². The molecule has 0 fully saturated rings. The van der Waals surface area contributed by atoms with Gasteiger partial charge < -0.3 is 5.48 Å². The van der Waals surface area contributed by atoms with Crippen LogP contribution in [0.4, 0.5) is 0 Å². The van der Waals surface area contributed by atoms with E-state index in [1.807, 2.05) is 0 Å². The molecule has 0 bridgehead atoms. The van der Waals surface area contributed by atoms with Crippen LogP contribution >= 0.6 is 0 Å². The second-order valence-corrected chi connectivity index (χ2v) is 0. The number of hydrogen-bond donors (Lipinski definition) is 0. The summed E-state index contributed by atoms with van der Waals surface area (Å²) in [6, 6.07) is 0. The van der Waals surface area contributed by atoms with E-state index in [-0.39, 0.29) is 53.3 Å². The van der Waals surface area contributed by atoms with E-state index in [1.165, 1.54) is 0 Å². The van der Waals surface area contributed by atoms with Gasteiger partial charge in [0.2, 0.25) is 0 Å². The van der Waals surface area contributed by atoms with Crippen LogP contribution in [-0.2, 0) is 2.81 Å². The molecule has 0 aliphatic carbocycles. The fourth-order valence-electron chi connectivity index (χ4n) is 0. The first-order chi connectivity index (χ1) is 1.00. The molecular weight excluding hydrogens is 265 g/mol. The zero-order chi connectivity index (χ0) is 2.00. The van der Waals surface area contributed by atoms with Crippen LogP contribution in [0.5, 0.6) is 0 Å². The zero-order valence-electron chi connectivity index (χ0n) is 2.36. The average molecular weight is 268 g/mol. The van der Waals surface area contributed by atoms with Crippen LogP contribution in [0.1, 0.15) is 0 Å². The predicted molar refractivity (Wildman–Crippen MR) is 16.9 cm³/mol. The summed E-state index contributed by atoms with van der Waals surface area (Å²) in [6.45, 7) is 0. The molecule has 0 radical (unpaired) electrons. The minimum atomic E-state index is 0. The van der Waals surface area contributed by atoms with E-state index >= 15 is 0 Å². The zero-order valence-corrected chi connectivity index (χ0v) is 8.24. The summed E-state index contributed by atoms with van der Waals surface area (Å²) >= 11 is 0.0556. The Morgan fingerprint density at radius 2 is 1.25 bits per heavy atom. The van der Waals surface area contributed by atoms with Crippen LogP contribution in [0.15, 0.2) is 0 Å². The summed E-state index contributed by atoms with van der Waals surface area (Å²) in [5, 5.41) is 0. The summed E-state index contributed by atoms with van der Waals surface area (Å²) in [7, 11) is 0. The van der Waals surface area contributed by atoms with Crippen LogP contribution in [0.2, 0.25) is 0 Å². The van der Waals surface area contributed by atoms with E-state index in [0.29, 0.717) is 0 Å². The van der Waals surface area contributed by atoms with Gasteiger partial charge in [0, 0.05) is 0 Å². The van der Waals surface area contributed by atoms with Crippen LogP contribution in [0, 0.1) is 0 Å². The van der Waals surface area contributed by atoms with Gasteiger partial charge in [-0.1, -0.05) is 0 Å². The summed E-state index contributed by atoms with van der Waals surface area (Å²) < 4.78 is 8.39. The van der Waals surface area contributed by atoms with E-state index in [9.17, 15) is 0 Å². The first kappa shape index (κ1) is 18.1. The van der Waals surface area contributed by atoms with E-state index in [0.717, 1.165) is 0 Å². The van der Waals surface area contributed by atoms with Gasteiger partial charge in [0.25, 0.3) is 0 Å². The normalized spacial score (nSPS) is 1.00. The molecule has 0 aromatic heterocycles. The van der Waals surface area contributed by atoms with Gasteiger partial charge in [-0.2, -0.15) is 0 Å². The fourth-order valence-corrected chi connectivity index (χ4v) is 0. The molecule has 0 aliphatic rings. The third-order valence-corrected chi connectivity index (χ3v) is 0. The molecule has 0 aromatic rings. The van der Waals surface area contributed by atoms with Crippen molar-refractivity contribution < 1.29 is 8.29 Å². The molecule has 0 saturated carbocycles. The van der Waals surface area contributed by atoms with Gasteiger partial charge >= 0.3 is 50.6 Å². The van der Waals surface area contributed by atoms with E-state index < -0.39 is 0 Å². The standard InChI is InChI=1S/Bi.Mg.H2O.O.2H/h;;1H2;;;/q;+1;;;;/p-1. The Morgan fingerprint density at radius 1 is 1.25 bits per heavy atom. The fraction of sp³-hybridized carbons (Fsp3) is 0. The molecule has 4 heteroatoms. The predicted octanol–water partition coefficient (Wildman–Crippen LogP) is -1.59. The number of rotatable bonds is 0. The first-order valence-corrected chi connectivity index (χ1v) is 1.79. The Labute approximate surface area is 55.7 Å². The van der Waals surface area contributed by atoms with E-state index in [1.54, 1.807) is 0 Å². The molecule has 0 amide bonds. The van der Waals surface area contributed by atoms with Crippen molar-refractivity contribution in [3.05, 3.63) is 0 Å². The molecule has 0 atom stereocenters. The molecule has 2 nitrogen and oxygen atoms in total. The minimum absolute atomic E-state index is 0. The van der Waals surface area contributed by atoms with Crippen molar-refractivity contribution >= 4 is 47.8 Å². The molecule has 0 rings (SSSR count). The molecular formula is H3BiMgO2. The van der Waals surface area contributed by atoms with Gasteiger partial charge in [0.15, 0.2) is 0 Å². The Hall–Kier alpha value is 1.41. The third-order valence-electron chi connectivity index (χ3n) is 0. The van der Waals surface area contributed by atoms with Crippen LogP contribution < -0.4 is 0 Å². The van der Waals surface area contributed by atoms with Gasteiger partial charge in [0.05, 0.1) is 0 Å². The Balaban J connectivity index is -0.00000000500. The third kappa shape index (κ3) is 9.96. The topological polar surface area (TPSA) is 47.1 Å². The molecule has 22 valence electrons. The summed E-state index contributed by atoms with van der Waals surface area (Å²) in [6.07, 6.45) is 0. The molecule has 0 heterocycles. The summed E-state index contributed by atoms with van der Waals surface area (Å²) in [5.41, 5.74) is 0. The van der Waals surface area contributed by atoms with Crippen molar-refractivity contribution in [2.24, 2.45) is 0 Å². The van der Waals surface area contributed by atoms with Gasteiger partial charge in [0.1, 0.15) is 0 Å². The van der Waals surface area contributed by atoms with Crippen molar-refractivity contribution in [1.82, 2.24) is 0 Å². The molecule has 0 aliphatic heterocycles. The monoisotopic (exact) mass is 268 g/mol. The van der Waals surface area contributed by atoms with Gasteiger partial charge in [-0.15, -0.1) is 0 Å². The van der Waals surface area contributed by atoms with Gasteiger partial charge in [-0.05, 0) is 0 Å². The second kappa shape index (κ2) is 25.8. The molecule has 0 aromatic carbocycles. The summed E-state index contributed by atoms with van der Waals surface area (Å²) in [4.78, 5) is 0. The van der Waals surface area contributed by atoms with Crippen molar-refractivity contribution in [2.45, 2.75) is 0 Å². The van der Waals surface area contributed by atoms with Crippen molar-refractivity contribution in [3.8, 4) is 0 Å². The Kier molecular flexibility index (Phi) is 117. The van der Waals surface area contributed by atoms with Crippen molar-refractivity contribution in [1.29, 1.82) is 0 Å². The molecule has 0 spiro atoms. The van der Waals surface area contributed by atoms with E-state index in [4.69, 9.17) is 2.81 Å². The average Bonchev–Trinajstić information content (AvgIpc) is 1.00. The van der Waals surface area contributed by atoms with Crippen molar-refractivity contribution in [2.75, 3.05) is 0 Å². The molecule has 4 heavy (non-hydrogen) atoms. The maximum absolute atomic E-state index is 8.39. The molecule has 1 N–H and O–H groups in total. The van der Waals surface area contributed by atoms with Gasteiger partial charge in [-0.25, -0.2) is 0 Å².